The summed E-state index contributed by atoms with van der Waals surface area (Å²) >= 11 is 0. The Morgan fingerprint density at radius 2 is 1.95 bits per heavy atom. The number of pyridine rings is 1. The fraction of sp³-hybridized carbons (Fsp3) is 0.433. The van der Waals surface area contributed by atoms with E-state index in [2.05, 4.69) is 25.5 Å². The molecule has 4 heterocycles. The molecule has 2 amide bonds. The maximum atomic E-state index is 13.5. The predicted molar refractivity (Wildman–Crippen MR) is 154 cm³/mol. The normalized spacial score (nSPS) is 20.6. The van der Waals surface area contributed by atoms with E-state index in [1.807, 2.05) is 65.1 Å². The molecule has 11 nitrogen and oxygen atoms in total. The molecule has 6 rings (SSSR count). The van der Waals surface area contributed by atoms with Gasteiger partial charge in [-0.2, -0.15) is 10.1 Å². The van der Waals surface area contributed by atoms with Gasteiger partial charge in [0, 0.05) is 48.8 Å². The zero-order valence-corrected chi connectivity index (χ0v) is 24.3. The number of carbonyl (C=O) groups excluding carboxylic acids is 2. The third-order valence-electron chi connectivity index (χ3n) is 7.59. The standard InChI is InChI=1S/C30H34FN7O4/c1-17-6-7-19(26-34-28(42-35-26)21-14-23(21)31)12-24(17)33-27(39)22-15-32-38-9-8-20(13-25(22)38)36-10-11-37(18(2)16-36)29(40)41-30(3,4)5/h6-9,12-13,15,18,21,23H,10-11,14,16H2,1-5H3,(H,33,39)/t18-,21+,23+/m1/s1. The summed E-state index contributed by atoms with van der Waals surface area (Å²) in [4.78, 5) is 34.4. The highest BCUT2D eigenvalue weighted by molar-refractivity contribution is 6.09. The van der Waals surface area contributed by atoms with Gasteiger partial charge in [-0.15, -0.1) is 0 Å². The van der Waals surface area contributed by atoms with Crippen molar-refractivity contribution in [2.45, 2.75) is 64.8 Å². The first kappa shape index (κ1) is 27.7. The Kier molecular flexibility index (Phi) is 6.86. The molecule has 1 aromatic carbocycles. The molecule has 0 radical (unpaired) electrons. The zero-order chi connectivity index (χ0) is 29.8. The molecule has 3 atom stereocenters. The minimum Gasteiger partial charge on any atom is -0.444 e. The van der Waals surface area contributed by atoms with Gasteiger partial charge in [0.05, 0.1) is 23.2 Å². The second kappa shape index (κ2) is 10.4. The van der Waals surface area contributed by atoms with Gasteiger partial charge >= 0.3 is 6.09 Å². The van der Waals surface area contributed by atoms with Gasteiger partial charge in [0.15, 0.2) is 0 Å². The molecule has 0 unspecified atom stereocenters. The summed E-state index contributed by atoms with van der Waals surface area (Å²) in [6, 6.07) is 9.33. The molecular weight excluding hydrogens is 541 g/mol. The molecule has 0 bridgehead atoms. The van der Waals surface area contributed by atoms with E-state index in [4.69, 9.17) is 9.26 Å². The van der Waals surface area contributed by atoms with Crippen molar-refractivity contribution in [2.75, 3.05) is 29.9 Å². The number of hydrogen-bond acceptors (Lipinski definition) is 8. The summed E-state index contributed by atoms with van der Waals surface area (Å²) in [5, 5.41) is 11.4. The lowest BCUT2D eigenvalue weighted by atomic mass is 10.1. The Morgan fingerprint density at radius 1 is 1.17 bits per heavy atom. The van der Waals surface area contributed by atoms with Crippen LogP contribution in [0.4, 0.5) is 20.6 Å². The minimum atomic E-state index is -0.928. The summed E-state index contributed by atoms with van der Waals surface area (Å²) < 4.78 is 25.9. The summed E-state index contributed by atoms with van der Waals surface area (Å²) in [6.07, 6.45) is 2.54. The van der Waals surface area contributed by atoms with Crippen molar-refractivity contribution in [3.8, 4) is 11.4 Å². The number of benzene rings is 1. The van der Waals surface area contributed by atoms with Gasteiger partial charge in [-0.05, 0) is 64.8 Å². The molecule has 2 aliphatic rings. The maximum absolute atomic E-state index is 13.5. The average molecular weight is 576 g/mol. The zero-order valence-electron chi connectivity index (χ0n) is 24.3. The molecular formula is C30H34FN7O4. The number of amides is 2. The first-order chi connectivity index (χ1) is 20.0. The Morgan fingerprint density at radius 3 is 2.67 bits per heavy atom. The summed E-state index contributed by atoms with van der Waals surface area (Å²) in [5.74, 6) is 0.0127. The van der Waals surface area contributed by atoms with Crippen molar-refractivity contribution in [1.29, 1.82) is 0 Å². The van der Waals surface area contributed by atoms with Gasteiger partial charge in [0.25, 0.3) is 5.91 Å². The van der Waals surface area contributed by atoms with Crippen LogP contribution >= 0.6 is 0 Å². The van der Waals surface area contributed by atoms with E-state index in [1.165, 1.54) is 0 Å². The van der Waals surface area contributed by atoms with E-state index in [0.29, 0.717) is 60.1 Å². The van der Waals surface area contributed by atoms with E-state index in [1.54, 1.807) is 21.7 Å². The number of alkyl halides is 1. The van der Waals surface area contributed by atoms with Gasteiger partial charge in [-0.3, -0.25) is 4.79 Å². The number of hydrogen-bond donors (Lipinski definition) is 1. The first-order valence-corrected chi connectivity index (χ1v) is 14.1. The number of carbonyl (C=O) groups is 2. The third-order valence-corrected chi connectivity index (χ3v) is 7.59. The van der Waals surface area contributed by atoms with Crippen molar-refractivity contribution in [3.63, 3.8) is 0 Å². The average Bonchev–Trinajstić information content (AvgIpc) is 3.30. The van der Waals surface area contributed by atoms with Crippen molar-refractivity contribution < 1.29 is 23.2 Å². The second-order valence-corrected chi connectivity index (χ2v) is 12.0. The van der Waals surface area contributed by atoms with Crippen molar-refractivity contribution in [2.24, 2.45) is 0 Å². The lowest BCUT2D eigenvalue weighted by Gasteiger charge is -2.41. The van der Waals surface area contributed by atoms with Crippen LogP contribution in [0, 0.1) is 6.92 Å². The summed E-state index contributed by atoms with van der Waals surface area (Å²) in [5.41, 5.74) is 3.58. The van der Waals surface area contributed by atoms with E-state index in [0.717, 1.165) is 11.3 Å². The summed E-state index contributed by atoms with van der Waals surface area (Å²) in [6.45, 7) is 11.3. The Bertz CT molecular complexity index is 1660. The molecule has 1 aliphatic carbocycles. The van der Waals surface area contributed by atoms with E-state index in [-0.39, 0.29) is 24.0 Å². The van der Waals surface area contributed by atoms with Crippen molar-refractivity contribution >= 4 is 28.9 Å². The van der Waals surface area contributed by atoms with Crippen LogP contribution in [0.1, 0.15) is 61.8 Å². The molecule has 220 valence electrons. The highest BCUT2D eigenvalue weighted by atomic mass is 19.1. The number of halogens is 1. The quantitative estimate of drug-likeness (QED) is 0.344. The van der Waals surface area contributed by atoms with E-state index >= 15 is 0 Å². The van der Waals surface area contributed by atoms with Gasteiger partial charge in [-0.25, -0.2) is 13.7 Å². The molecule has 42 heavy (non-hydrogen) atoms. The topological polar surface area (TPSA) is 118 Å². The van der Waals surface area contributed by atoms with Crippen LogP contribution < -0.4 is 10.2 Å². The number of piperazine rings is 1. The van der Waals surface area contributed by atoms with Crippen LogP contribution in [0.25, 0.3) is 16.9 Å². The van der Waals surface area contributed by atoms with Crippen LogP contribution in [0.2, 0.25) is 0 Å². The molecule has 12 heteroatoms. The molecule has 2 fully saturated rings. The van der Waals surface area contributed by atoms with E-state index < -0.39 is 11.8 Å². The second-order valence-electron chi connectivity index (χ2n) is 12.0. The Labute approximate surface area is 242 Å². The Balaban J connectivity index is 1.18. The molecule has 1 saturated carbocycles. The lowest BCUT2D eigenvalue weighted by Crippen LogP contribution is -2.55. The Hall–Kier alpha value is -4.48. The number of nitrogens with zero attached hydrogens (tertiary/aromatic N) is 6. The maximum Gasteiger partial charge on any atom is 0.410 e. The van der Waals surface area contributed by atoms with Gasteiger partial charge < -0.3 is 24.4 Å². The highest BCUT2D eigenvalue weighted by Crippen LogP contribution is 2.43. The third kappa shape index (κ3) is 5.53. The molecule has 0 spiro atoms. The number of rotatable bonds is 5. The first-order valence-electron chi connectivity index (χ1n) is 14.1. The largest absolute Gasteiger partial charge is 0.444 e. The molecule has 1 saturated heterocycles. The van der Waals surface area contributed by atoms with Gasteiger partial charge in [0.2, 0.25) is 11.7 Å². The van der Waals surface area contributed by atoms with E-state index in [9.17, 15) is 14.0 Å². The SMILES string of the molecule is Cc1ccc(-c2noc([C@H]3C[C@@H]3F)n2)cc1NC(=O)c1cnn2ccc(N3CCN(C(=O)OC(C)(C)C)[C@H](C)C3)cc12. The smallest absolute Gasteiger partial charge is 0.410 e. The number of aromatic nitrogens is 4. The lowest BCUT2D eigenvalue weighted by molar-refractivity contribution is 0.0159. The highest BCUT2D eigenvalue weighted by Gasteiger charge is 2.43. The molecule has 1 N–H and O–H groups in total. The minimum absolute atomic E-state index is 0.0503. The number of fused-ring (bicyclic) bond motifs is 1. The van der Waals surface area contributed by atoms with Crippen molar-refractivity contribution in [3.05, 3.63) is 59.7 Å². The number of aryl methyl sites for hydroxylation is 1. The van der Waals surface area contributed by atoms with Crippen molar-refractivity contribution in [1.82, 2.24) is 24.7 Å². The molecule has 3 aromatic heterocycles. The van der Waals surface area contributed by atoms with Crippen LogP contribution in [-0.4, -0.2) is 74.1 Å². The number of nitrogens with one attached hydrogen (secondary N) is 1. The molecule has 1 aliphatic heterocycles. The monoisotopic (exact) mass is 575 g/mol. The van der Waals surface area contributed by atoms with Crippen LogP contribution in [0.5, 0.6) is 0 Å². The number of anilines is 2. The number of ether oxygens (including phenoxy) is 1. The van der Waals surface area contributed by atoms with Crippen LogP contribution in [0.15, 0.2) is 47.2 Å². The van der Waals surface area contributed by atoms with Crippen LogP contribution in [0.3, 0.4) is 0 Å². The van der Waals surface area contributed by atoms with Crippen LogP contribution in [-0.2, 0) is 4.74 Å². The van der Waals surface area contributed by atoms with Gasteiger partial charge in [-0.1, -0.05) is 17.3 Å². The summed E-state index contributed by atoms with van der Waals surface area (Å²) in [7, 11) is 0. The van der Waals surface area contributed by atoms with Gasteiger partial charge in [0.1, 0.15) is 11.8 Å². The fourth-order valence-corrected chi connectivity index (χ4v) is 5.13. The fourth-order valence-electron chi connectivity index (χ4n) is 5.13. The predicted octanol–water partition coefficient (Wildman–Crippen LogP) is 5.22. The molecule has 4 aromatic rings.